The van der Waals surface area contributed by atoms with Crippen LogP contribution in [0.5, 0.6) is 0 Å². The van der Waals surface area contributed by atoms with E-state index in [2.05, 4.69) is 9.97 Å². The van der Waals surface area contributed by atoms with Crippen molar-refractivity contribution in [2.75, 3.05) is 0 Å². The lowest BCUT2D eigenvalue weighted by atomic mass is 10.0. The lowest BCUT2D eigenvalue weighted by Gasteiger charge is -2.07. The molecule has 0 spiro atoms. The number of rotatable bonds is 3. The zero-order valence-electron chi connectivity index (χ0n) is 12.4. The third-order valence-corrected chi connectivity index (χ3v) is 4.38. The SMILES string of the molecule is Cc1ccc(-c2cnc(-c3ncc(C(=O)O)s3)cc2C#N)c(F)c1. The average Bonchev–Trinajstić information content (AvgIpc) is 3.05. The molecule has 1 N–H and O–H groups in total. The Morgan fingerprint density at radius 1 is 1.25 bits per heavy atom. The molecule has 118 valence electrons. The molecule has 2 aromatic heterocycles. The third-order valence-electron chi connectivity index (χ3n) is 3.37. The van der Waals surface area contributed by atoms with Gasteiger partial charge in [0.05, 0.1) is 17.8 Å². The van der Waals surface area contributed by atoms with Gasteiger partial charge in [0.15, 0.2) is 0 Å². The first-order valence-electron chi connectivity index (χ1n) is 6.85. The number of halogens is 1. The van der Waals surface area contributed by atoms with Crippen LogP contribution in [0.15, 0.2) is 36.7 Å². The molecule has 0 amide bonds. The fourth-order valence-electron chi connectivity index (χ4n) is 2.21. The number of hydrogen-bond donors (Lipinski definition) is 1. The number of hydrogen-bond acceptors (Lipinski definition) is 5. The van der Waals surface area contributed by atoms with E-state index in [0.717, 1.165) is 16.9 Å². The van der Waals surface area contributed by atoms with Crippen molar-refractivity contribution in [1.29, 1.82) is 5.26 Å². The van der Waals surface area contributed by atoms with E-state index in [-0.39, 0.29) is 10.4 Å². The zero-order valence-corrected chi connectivity index (χ0v) is 13.3. The molecule has 24 heavy (non-hydrogen) atoms. The Hall–Kier alpha value is -3.11. The Kier molecular flexibility index (Phi) is 4.06. The van der Waals surface area contributed by atoms with Gasteiger partial charge in [-0.2, -0.15) is 5.26 Å². The van der Waals surface area contributed by atoms with Crippen LogP contribution in [0.2, 0.25) is 0 Å². The lowest BCUT2D eigenvalue weighted by molar-refractivity contribution is 0.0702. The van der Waals surface area contributed by atoms with Crippen molar-refractivity contribution in [2.24, 2.45) is 0 Å². The van der Waals surface area contributed by atoms with Crippen LogP contribution in [0.25, 0.3) is 21.8 Å². The number of pyridine rings is 1. The molecule has 0 unspecified atom stereocenters. The van der Waals surface area contributed by atoms with Gasteiger partial charge in [-0.1, -0.05) is 12.1 Å². The number of carbonyl (C=O) groups is 1. The molecule has 5 nitrogen and oxygen atoms in total. The predicted octanol–water partition coefficient (Wildman–Crippen LogP) is 3.89. The van der Waals surface area contributed by atoms with Gasteiger partial charge in [0.25, 0.3) is 0 Å². The molecular weight excluding hydrogens is 329 g/mol. The van der Waals surface area contributed by atoms with E-state index in [1.807, 2.05) is 6.07 Å². The highest BCUT2D eigenvalue weighted by Gasteiger charge is 2.15. The first kappa shape index (κ1) is 15.8. The highest BCUT2D eigenvalue weighted by Crippen LogP contribution is 2.30. The molecule has 0 fully saturated rings. The number of nitrogens with zero attached hydrogens (tertiary/aromatic N) is 3. The second kappa shape index (κ2) is 6.18. The maximum absolute atomic E-state index is 14.2. The fourth-order valence-corrected chi connectivity index (χ4v) is 2.93. The van der Waals surface area contributed by atoms with Crippen molar-refractivity contribution in [1.82, 2.24) is 9.97 Å². The molecule has 0 aliphatic heterocycles. The molecule has 0 aliphatic carbocycles. The fraction of sp³-hybridized carbons (Fsp3) is 0.0588. The summed E-state index contributed by atoms with van der Waals surface area (Å²) < 4.78 is 14.2. The molecule has 0 aliphatic rings. The van der Waals surface area contributed by atoms with E-state index < -0.39 is 11.8 Å². The van der Waals surface area contributed by atoms with E-state index in [1.54, 1.807) is 19.1 Å². The molecule has 0 bridgehead atoms. The normalized spacial score (nSPS) is 10.4. The lowest BCUT2D eigenvalue weighted by Crippen LogP contribution is -1.93. The quantitative estimate of drug-likeness (QED) is 0.782. The maximum Gasteiger partial charge on any atom is 0.347 e. The van der Waals surface area contributed by atoms with Crippen LogP contribution in [0, 0.1) is 24.1 Å². The van der Waals surface area contributed by atoms with Crippen molar-refractivity contribution in [3.05, 3.63) is 58.5 Å². The van der Waals surface area contributed by atoms with Crippen molar-refractivity contribution in [3.63, 3.8) is 0 Å². The average molecular weight is 339 g/mol. The molecule has 7 heteroatoms. The van der Waals surface area contributed by atoms with Gasteiger partial charge in [-0.3, -0.25) is 4.98 Å². The van der Waals surface area contributed by atoms with Crippen molar-refractivity contribution in [2.45, 2.75) is 6.92 Å². The first-order chi connectivity index (χ1) is 11.5. The van der Waals surface area contributed by atoms with Crippen LogP contribution in [-0.4, -0.2) is 21.0 Å². The van der Waals surface area contributed by atoms with Crippen molar-refractivity contribution < 1.29 is 14.3 Å². The summed E-state index contributed by atoms with van der Waals surface area (Å²) in [5.74, 6) is -1.50. The standard InChI is InChI=1S/C17H10FN3O2S/c1-9-2-3-11(13(18)4-9)12-7-20-14(5-10(12)6-19)16-21-8-15(24-16)17(22)23/h2-5,7-8H,1H3,(H,22,23). The summed E-state index contributed by atoms with van der Waals surface area (Å²) in [5.41, 5.74) is 2.08. The van der Waals surface area contributed by atoms with Crippen LogP contribution in [0.4, 0.5) is 4.39 Å². The second-order valence-corrected chi connectivity index (χ2v) is 6.08. The molecule has 0 saturated heterocycles. The monoisotopic (exact) mass is 339 g/mol. The molecule has 0 radical (unpaired) electrons. The highest BCUT2D eigenvalue weighted by molar-refractivity contribution is 7.16. The van der Waals surface area contributed by atoms with E-state index in [4.69, 9.17) is 5.11 Å². The molecule has 0 saturated carbocycles. The topological polar surface area (TPSA) is 86.9 Å². The van der Waals surface area contributed by atoms with Crippen LogP contribution < -0.4 is 0 Å². The Bertz CT molecular complexity index is 992. The predicted molar refractivity (Wildman–Crippen MR) is 87.2 cm³/mol. The number of benzene rings is 1. The van der Waals surface area contributed by atoms with Gasteiger partial charge in [0.1, 0.15) is 21.4 Å². The minimum atomic E-state index is -1.07. The minimum absolute atomic E-state index is 0.0824. The first-order valence-corrected chi connectivity index (χ1v) is 7.67. The summed E-state index contributed by atoms with van der Waals surface area (Å²) in [6.45, 7) is 1.78. The summed E-state index contributed by atoms with van der Waals surface area (Å²) in [6, 6.07) is 8.27. The van der Waals surface area contributed by atoms with E-state index >= 15 is 0 Å². The number of carboxylic acids is 1. The van der Waals surface area contributed by atoms with E-state index in [1.165, 1.54) is 24.5 Å². The largest absolute Gasteiger partial charge is 0.477 e. The van der Waals surface area contributed by atoms with E-state index in [0.29, 0.717) is 21.8 Å². The van der Waals surface area contributed by atoms with Gasteiger partial charge in [-0.25, -0.2) is 14.2 Å². The van der Waals surface area contributed by atoms with Crippen LogP contribution in [0.1, 0.15) is 20.8 Å². The smallest absolute Gasteiger partial charge is 0.347 e. The summed E-state index contributed by atoms with van der Waals surface area (Å²) in [6.07, 6.45) is 2.65. The molecule has 2 heterocycles. The van der Waals surface area contributed by atoms with Gasteiger partial charge in [-0.15, -0.1) is 11.3 Å². The summed E-state index contributed by atoms with van der Waals surface area (Å²) >= 11 is 0.963. The van der Waals surface area contributed by atoms with Gasteiger partial charge in [0.2, 0.25) is 0 Å². The van der Waals surface area contributed by atoms with E-state index in [9.17, 15) is 14.4 Å². The van der Waals surface area contributed by atoms with Gasteiger partial charge < -0.3 is 5.11 Å². The molecule has 1 aromatic carbocycles. The molecule has 0 atom stereocenters. The van der Waals surface area contributed by atoms with Crippen molar-refractivity contribution >= 4 is 17.3 Å². The molecule has 3 aromatic rings. The van der Waals surface area contributed by atoms with Crippen LogP contribution in [0.3, 0.4) is 0 Å². The number of aromatic carboxylic acids is 1. The number of nitriles is 1. The van der Waals surface area contributed by atoms with Crippen molar-refractivity contribution in [3.8, 4) is 27.9 Å². The Morgan fingerprint density at radius 2 is 2.04 bits per heavy atom. The van der Waals surface area contributed by atoms with Gasteiger partial charge in [-0.05, 0) is 24.6 Å². The summed E-state index contributed by atoms with van der Waals surface area (Å²) in [4.78, 5) is 19.2. The highest BCUT2D eigenvalue weighted by atomic mass is 32.1. The van der Waals surface area contributed by atoms with Crippen LogP contribution in [-0.2, 0) is 0 Å². The second-order valence-electron chi connectivity index (χ2n) is 5.05. The van der Waals surface area contributed by atoms with Crippen LogP contribution >= 0.6 is 11.3 Å². The number of thiazole rings is 1. The zero-order chi connectivity index (χ0) is 17.3. The Balaban J connectivity index is 2.08. The molecular formula is C17H10FN3O2S. The Labute approximate surface area is 140 Å². The number of carboxylic acid groups (broad SMARTS) is 1. The summed E-state index contributed by atoms with van der Waals surface area (Å²) in [5, 5.41) is 18.7. The maximum atomic E-state index is 14.2. The third kappa shape index (κ3) is 2.87. The summed E-state index contributed by atoms with van der Waals surface area (Å²) in [7, 11) is 0. The number of aromatic nitrogens is 2. The Morgan fingerprint density at radius 3 is 2.67 bits per heavy atom. The van der Waals surface area contributed by atoms with Gasteiger partial charge in [0, 0.05) is 17.3 Å². The molecule has 3 rings (SSSR count). The minimum Gasteiger partial charge on any atom is -0.477 e. The number of aryl methyl sites for hydroxylation is 1. The van der Waals surface area contributed by atoms with Gasteiger partial charge >= 0.3 is 5.97 Å².